The number of aromatic nitrogens is 4. The van der Waals surface area contributed by atoms with Crippen molar-refractivity contribution in [1.82, 2.24) is 19.1 Å². The van der Waals surface area contributed by atoms with Gasteiger partial charge in [-0.25, -0.2) is 9.97 Å². The molecule has 3 heterocycles. The van der Waals surface area contributed by atoms with Gasteiger partial charge in [0.05, 0.1) is 38.9 Å². The van der Waals surface area contributed by atoms with E-state index in [-0.39, 0.29) is 0 Å². The Morgan fingerprint density at radius 1 is 0.524 bits per heavy atom. The third-order valence-electron chi connectivity index (χ3n) is 7.88. The Bertz CT molecular complexity index is 2420. The zero-order valence-electron chi connectivity index (χ0n) is 22.2. The van der Waals surface area contributed by atoms with Gasteiger partial charge in [-0.3, -0.25) is 0 Å². The van der Waals surface area contributed by atoms with Gasteiger partial charge in [0.2, 0.25) is 0 Å². The van der Waals surface area contributed by atoms with Crippen molar-refractivity contribution in [3.8, 4) is 34.9 Å². The normalized spacial score (nSPS) is 11.3. The van der Waals surface area contributed by atoms with Crippen LogP contribution in [0.15, 0.2) is 122 Å². The fraction of sp³-hybridized carbons (Fsp3) is 0. The van der Waals surface area contributed by atoms with E-state index in [1.165, 1.54) is 23.2 Å². The average molecular weight is 537 g/mol. The van der Waals surface area contributed by atoms with Gasteiger partial charge >= 0.3 is 0 Å². The molecule has 8 aromatic rings. The summed E-state index contributed by atoms with van der Waals surface area (Å²) in [5.41, 5.74) is 7.77. The molecule has 0 aliphatic carbocycles. The maximum absolute atomic E-state index is 10.3. The molecule has 0 saturated heterocycles. The molecule has 0 saturated carbocycles. The van der Waals surface area contributed by atoms with E-state index in [1.807, 2.05) is 36.4 Å². The van der Waals surface area contributed by atoms with Gasteiger partial charge < -0.3 is 9.13 Å². The Morgan fingerprint density at radius 3 is 1.81 bits per heavy atom. The van der Waals surface area contributed by atoms with E-state index < -0.39 is 0 Å². The van der Waals surface area contributed by atoms with Gasteiger partial charge in [0.15, 0.2) is 5.82 Å². The van der Waals surface area contributed by atoms with E-state index in [1.54, 1.807) is 0 Å². The minimum Gasteiger partial charge on any atom is -0.309 e. The molecule has 0 aliphatic rings. The maximum Gasteiger partial charge on any atom is 0.159 e. The smallest absolute Gasteiger partial charge is 0.159 e. The van der Waals surface area contributed by atoms with Gasteiger partial charge in [0.25, 0.3) is 0 Å². The summed E-state index contributed by atoms with van der Waals surface area (Å²) in [6.07, 6.45) is 2.98. The number of nitrogens with zero attached hydrogens (tertiary/aromatic N) is 6. The number of hydrogen-bond donors (Lipinski definition) is 0. The zero-order chi connectivity index (χ0) is 28.2. The van der Waals surface area contributed by atoms with E-state index in [0.29, 0.717) is 22.5 Å². The molecule has 0 atom stereocenters. The SMILES string of the molecule is N#Cc1cnc(-c2ccc(-n3c4ccccc4c4cc5c6ccccc6n(-c6ccccc6)c5cc43)c(C#N)c2)nc1. The molecule has 0 spiro atoms. The molecule has 0 radical (unpaired) electrons. The summed E-state index contributed by atoms with van der Waals surface area (Å²) >= 11 is 0. The topological polar surface area (TPSA) is 83.2 Å². The molecule has 8 rings (SSSR count). The lowest BCUT2D eigenvalue weighted by atomic mass is 10.1. The summed E-state index contributed by atoms with van der Waals surface area (Å²) in [4.78, 5) is 8.66. The molecular formula is C36H20N6. The second-order valence-corrected chi connectivity index (χ2v) is 10.2. The molecule has 3 aromatic heterocycles. The van der Waals surface area contributed by atoms with Gasteiger partial charge in [0, 0.05) is 45.2 Å². The second kappa shape index (κ2) is 9.16. The number of benzene rings is 5. The van der Waals surface area contributed by atoms with Gasteiger partial charge in [-0.1, -0.05) is 54.6 Å². The lowest BCUT2D eigenvalue weighted by molar-refractivity contribution is 1.14. The van der Waals surface area contributed by atoms with Gasteiger partial charge in [-0.15, -0.1) is 0 Å². The number of nitriles is 2. The first-order chi connectivity index (χ1) is 20.7. The molecule has 0 unspecified atom stereocenters. The van der Waals surface area contributed by atoms with Crippen molar-refractivity contribution in [2.75, 3.05) is 0 Å². The van der Waals surface area contributed by atoms with Crippen LogP contribution in [0.2, 0.25) is 0 Å². The standard InChI is InChI=1S/C36H20N6/c37-19-23-21-39-36(40-22-23)24-14-15-31(25(16-24)20-38)42-33-13-7-5-11-28(33)30-17-29-27-10-4-6-12-32(27)41(34(29)18-35(30)42)26-8-2-1-3-9-26/h1-18,21-22H. The summed E-state index contributed by atoms with van der Waals surface area (Å²) < 4.78 is 4.49. The van der Waals surface area contributed by atoms with E-state index >= 15 is 0 Å². The fourth-order valence-corrected chi connectivity index (χ4v) is 6.04. The van der Waals surface area contributed by atoms with Crippen molar-refractivity contribution in [2.45, 2.75) is 0 Å². The Kier molecular flexibility index (Phi) is 5.15. The number of para-hydroxylation sites is 3. The minimum absolute atomic E-state index is 0.389. The lowest BCUT2D eigenvalue weighted by Crippen LogP contribution is -1.99. The highest BCUT2D eigenvalue weighted by molar-refractivity contribution is 6.19. The largest absolute Gasteiger partial charge is 0.309 e. The zero-order valence-corrected chi connectivity index (χ0v) is 22.2. The van der Waals surface area contributed by atoms with Crippen LogP contribution in [0.1, 0.15) is 11.1 Å². The maximum atomic E-state index is 10.3. The summed E-state index contributed by atoms with van der Waals surface area (Å²) in [5, 5.41) is 24.0. The van der Waals surface area contributed by atoms with Crippen LogP contribution in [0.4, 0.5) is 0 Å². The van der Waals surface area contributed by atoms with Crippen LogP contribution >= 0.6 is 0 Å². The van der Waals surface area contributed by atoms with Crippen LogP contribution in [0.3, 0.4) is 0 Å². The predicted molar refractivity (Wildman–Crippen MR) is 166 cm³/mol. The summed E-state index contributed by atoms with van der Waals surface area (Å²) in [6.45, 7) is 0. The number of fused-ring (bicyclic) bond motifs is 6. The minimum atomic E-state index is 0.389. The molecule has 0 N–H and O–H groups in total. The average Bonchev–Trinajstić information content (AvgIpc) is 3.56. The number of rotatable bonds is 3. The molecular weight excluding hydrogens is 516 g/mol. The summed E-state index contributed by atoms with van der Waals surface area (Å²) in [6, 6.07) is 41.9. The van der Waals surface area contributed by atoms with Crippen LogP contribution < -0.4 is 0 Å². The van der Waals surface area contributed by atoms with Crippen molar-refractivity contribution < 1.29 is 0 Å². The molecule has 0 bridgehead atoms. The molecule has 5 aromatic carbocycles. The molecule has 194 valence electrons. The highest BCUT2D eigenvalue weighted by Gasteiger charge is 2.20. The Labute approximate surface area is 240 Å². The molecule has 0 fully saturated rings. The van der Waals surface area contributed by atoms with Crippen molar-refractivity contribution in [3.05, 3.63) is 133 Å². The monoisotopic (exact) mass is 536 g/mol. The van der Waals surface area contributed by atoms with Crippen LogP contribution in [0.25, 0.3) is 66.4 Å². The summed E-state index contributed by atoms with van der Waals surface area (Å²) in [5.74, 6) is 0.466. The van der Waals surface area contributed by atoms with E-state index in [9.17, 15) is 5.26 Å². The van der Waals surface area contributed by atoms with Crippen molar-refractivity contribution in [1.29, 1.82) is 10.5 Å². The van der Waals surface area contributed by atoms with E-state index in [2.05, 4.69) is 104 Å². The molecule has 42 heavy (non-hydrogen) atoms. The predicted octanol–water partition coefficient (Wildman–Crippen LogP) is 8.08. The van der Waals surface area contributed by atoms with Gasteiger partial charge in [0.1, 0.15) is 12.1 Å². The highest BCUT2D eigenvalue weighted by atomic mass is 15.0. The molecule has 6 nitrogen and oxygen atoms in total. The molecule has 6 heteroatoms. The van der Waals surface area contributed by atoms with E-state index in [4.69, 9.17) is 5.26 Å². The van der Waals surface area contributed by atoms with Gasteiger partial charge in [-0.2, -0.15) is 10.5 Å². The first kappa shape index (κ1) is 23.6. The molecule has 0 amide bonds. The third-order valence-corrected chi connectivity index (χ3v) is 7.88. The fourth-order valence-electron chi connectivity index (χ4n) is 6.04. The van der Waals surface area contributed by atoms with Gasteiger partial charge in [-0.05, 0) is 54.6 Å². The highest BCUT2D eigenvalue weighted by Crippen LogP contribution is 2.40. The second-order valence-electron chi connectivity index (χ2n) is 10.2. The Hall–Kier alpha value is -6.24. The van der Waals surface area contributed by atoms with Crippen molar-refractivity contribution >= 4 is 43.6 Å². The lowest BCUT2D eigenvalue weighted by Gasteiger charge is -2.12. The Balaban J connectivity index is 1.44. The van der Waals surface area contributed by atoms with Crippen LogP contribution in [0, 0.1) is 22.7 Å². The first-order valence-corrected chi connectivity index (χ1v) is 13.5. The first-order valence-electron chi connectivity index (χ1n) is 13.5. The van der Waals surface area contributed by atoms with Crippen molar-refractivity contribution in [2.24, 2.45) is 0 Å². The number of hydrogen-bond acceptors (Lipinski definition) is 4. The molecule has 0 aliphatic heterocycles. The van der Waals surface area contributed by atoms with Crippen molar-refractivity contribution in [3.63, 3.8) is 0 Å². The quantitative estimate of drug-likeness (QED) is 0.228. The van der Waals surface area contributed by atoms with E-state index in [0.717, 1.165) is 44.2 Å². The summed E-state index contributed by atoms with van der Waals surface area (Å²) in [7, 11) is 0. The third kappa shape index (κ3) is 3.43. The van der Waals surface area contributed by atoms with Crippen LogP contribution in [-0.2, 0) is 0 Å². The Morgan fingerprint density at radius 2 is 1.14 bits per heavy atom. The van der Waals surface area contributed by atoms with Crippen LogP contribution in [-0.4, -0.2) is 19.1 Å². The van der Waals surface area contributed by atoms with Crippen LogP contribution in [0.5, 0.6) is 0 Å².